The molecule has 1 amide bonds. The van der Waals surface area contributed by atoms with Gasteiger partial charge in [0.05, 0.1) is 11.3 Å². The van der Waals surface area contributed by atoms with Crippen LogP contribution in [0.5, 0.6) is 0 Å². The number of halogens is 1. The molecule has 6 heteroatoms. The second-order valence-electron chi connectivity index (χ2n) is 5.05. The van der Waals surface area contributed by atoms with Gasteiger partial charge in [0, 0.05) is 24.3 Å². The van der Waals surface area contributed by atoms with Gasteiger partial charge in [-0.25, -0.2) is 0 Å². The van der Waals surface area contributed by atoms with Crippen LogP contribution in [0.15, 0.2) is 18.2 Å². The van der Waals surface area contributed by atoms with Gasteiger partial charge in [0.15, 0.2) is 0 Å². The number of nitrogen functional groups attached to an aromatic ring is 1. The highest BCUT2D eigenvalue weighted by Crippen LogP contribution is 2.22. The summed E-state index contributed by atoms with van der Waals surface area (Å²) in [6, 6.07) is 5.09. The number of rotatable bonds is 4. The van der Waals surface area contributed by atoms with E-state index in [1.807, 2.05) is 6.92 Å². The third-order valence-corrected chi connectivity index (χ3v) is 3.95. The first-order chi connectivity index (χ1) is 9.61. The Morgan fingerprint density at radius 2 is 2.15 bits per heavy atom. The zero-order valence-corrected chi connectivity index (χ0v) is 12.2. The van der Waals surface area contributed by atoms with E-state index in [0.29, 0.717) is 22.2 Å². The van der Waals surface area contributed by atoms with Crippen molar-refractivity contribution in [3.8, 4) is 0 Å². The first-order valence-corrected chi connectivity index (χ1v) is 7.14. The maximum Gasteiger partial charge on any atom is 0.253 e. The molecule has 0 spiro atoms. The lowest BCUT2D eigenvalue weighted by atomic mass is 9.92. The van der Waals surface area contributed by atoms with Crippen molar-refractivity contribution in [3.05, 3.63) is 28.8 Å². The fourth-order valence-electron chi connectivity index (χ4n) is 2.45. The van der Waals surface area contributed by atoms with Crippen molar-refractivity contribution in [1.82, 2.24) is 5.32 Å². The van der Waals surface area contributed by atoms with Gasteiger partial charge in [0.1, 0.15) is 0 Å². The Kier molecular flexibility index (Phi) is 5.23. The quantitative estimate of drug-likeness (QED) is 0.588. The molecule has 1 aliphatic heterocycles. The van der Waals surface area contributed by atoms with Crippen LogP contribution >= 0.6 is 11.6 Å². The van der Waals surface area contributed by atoms with E-state index in [9.17, 15) is 4.79 Å². The number of nitrogens with one attached hydrogen (secondary N) is 2. The molecule has 0 radical (unpaired) electrons. The monoisotopic (exact) mass is 297 g/mol. The summed E-state index contributed by atoms with van der Waals surface area (Å²) in [5, 5.41) is 3.53. The molecular formula is C14H20ClN3O2. The Morgan fingerprint density at radius 1 is 1.45 bits per heavy atom. The van der Waals surface area contributed by atoms with E-state index in [0.717, 1.165) is 26.1 Å². The van der Waals surface area contributed by atoms with Crippen LogP contribution in [0.3, 0.4) is 0 Å². The predicted molar refractivity (Wildman–Crippen MR) is 79.7 cm³/mol. The molecule has 20 heavy (non-hydrogen) atoms. The van der Waals surface area contributed by atoms with Crippen LogP contribution in [0.25, 0.3) is 0 Å². The molecule has 1 aliphatic rings. The number of ether oxygens (including phenoxy) is 1. The fraction of sp³-hybridized carbons (Fsp3) is 0.500. The molecule has 1 atom stereocenters. The Bertz CT molecular complexity index is 475. The van der Waals surface area contributed by atoms with Crippen LogP contribution in [0.2, 0.25) is 5.02 Å². The molecule has 0 saturated carbocycles. The van der Waals surface area contributed by atoms with E-state index in [1.165, 1.54) is 0 Å². The third-order valence-electron chi connectivity index (χ3n) is 3.71. The molecule has 110 valence electrons. The van der Waals surface area contributed by atoms with E-state index < -0.39 is 0 Å². The molecule has 0 bridgehead atoms. The lowest BCUT2D eigenvalue weighted by Crippen LogP contribution is -2.40. The van der Waals surface area contributed by atoms with Gasteiger partial charge < -0.3 is 15.5 Å². The van der Waals surface area contributed by atoms with Crippen LogP contribution in [0.4, 0.5) is 5.69 Å². The van der Waals surface area contributed by atoms with E-state index in [1.54, 1.807) is 18.2 Å². The summed E-state index contributed by atoms with van der Waals surface area (Å²) in [7, 11) is 0. The molecule has 1 fully saturated rings. The van der Waals surface area contributed by atoms with Crippen molar-refractivity contribution in [2.45, 2.75) is 25.8 Å². The summed E-state index contributed by atoms with van der Waals surface area (Å²) >= 11 is 5.94. The largest absolute Gasteiger partial charge is 0.381 e. The summed E-state index contributed by atoms with van der Waals surface area (Å²) in [6.45, 7) is 3.54. The number of hydrazine groups is 1. The maximum absolute atomic E-state index is 12.3. The van der Waals surface area contributed by atoms with Gasteiger partial charge in [-0.3, -0.25) is 10.6 Å². The van der Waals surface area contributed by atoms with Crippen LogP contribution in [-0.4, -0.2) is 25.2 Å². The number of anilines is 1. The van der Waals surface area contributed by atoms with Gasteiger partial charge in [-0.15, -0.1) is 0 Å². The van der Waals surface area contributed by atoms with E-state index in [2.05, 4.69) is 10.7 Å². The molecule has 1 aromatic carbocycles. The minimum absolute atomic E-state index is 0.0935. The maximum atomic E-state index is 12.3. The summed E-state index contributed by atoms with van der Waals surface area (Å²) in [5.41, 5.74) is 3.54. The topological polar surface area (TPSA) is 76.4 Å². The zero-order chi connectivity index (χ0) is 14.5. The van der Waals surface area contributed by atoms with Crippen molar-refractivity contribution in [2.24, 2.45) is 11.8 Å². The van der Waals surface area contributed by atoms with Crippen LogP contribution in [0.1, 0.15) is 30.1 Å². The van der Waals surface area contributed by atoms with E-state index >= 15 is 0 Å². The van der Waals surface area contributed by atoms with Gasteiger partial charge in [0.25, 0.3) is 5.91 Å². The summed E-state index contributed by atoms with van der Waals surface area (Å²) in [6.07, 6.45) is 1.94. The lowest BCUT2D eigenvalue weighted by Gasteiger charge is -2.28. The van der Waals surface area contributed by atoms with Crippen LogP contribution in [0, 0.1) is 5.92 Å². The van der Waals surface area contributed by atoms with Gasteiger partial charge in [0.2, 0.25) is 0 Å². The van der Waals surface area contributed by atoms with Crippen molar-refractivity contribution in [1.29, 1.82) is 0 Å². The highest BCUT2D eigenvalue weighted by molar-refractivity contribution is 6.31. The highest BCUT2D eigenvalue weighted by atomic mass is 35.5. The number of benzene rings is 1. The van der Waals surface area contributed by atoms with E-state index in [-0.39, 0.29) is 11.9 Å². The zero-order valence-electron chi connectivity index (χ0n) is 11.5. The Hall–Kier alpha value is -1.30. The van der Waals surface area contributed by atoms with Crippen LogP contribution < -0.4 is 16.6 Å². The molecule has 0 aliphatic carbocycles. The summed E-state index contributed by atoms with van der Waals surface area (Å²) < 4.78 is 5.34. The Labute approximate surface area is 123 Å². The molecule has 1 unspecified atom stereocenters. The van der Waals surface area contributed by atoms with E-state index in [4.69, 9.17) is 22.2 Å². The number of hydrogen-bond donors (Lipinski definition) is 3. The van der Waals surface area contributed by atoms with Crippen molar-refractivity contribution >= 4 is 23.2 Å². The number of carbonyl (C=O) groups is 1. The van der Waals surface area contributed by atoms with Crippen LogP contribution in [-0.2, 0) is 4.74 Å². The van der Waals surface area contributed by atoms with Gasteiger partial charge in [-0.05, 0) is 43.9 Å². The number of nitrogens with two attached hydrogens (primary N) is 1. The first-order valence-electron chi connectivity index (χ1n) is 6.76. The fourth-order valence-corrected chi connectivity index (χ4v) is 2.62. The molecule has 5 nitrogen and oxygen atoms in total. The van der Waals surface area contributed by atoms with Gasteiger partial charge in [-0.2, -0.15) is 0 Å². The highest BCUT2D eigenvalue weighted by Gasteiger charge is 2.23. The molecule has 2 rings (SSSR count). The average Bonchev–Trinajstić information content (AvgIpc) is 2.48. The Morgan fingerprint density at radius 3 is 2.80 bits per heavy atom. The smallest absolute Gasteiger partial charge is 0.253 e. The second kappa shape index (κ2) is 6.92. The summed E-state index contributed by atoms with van der Waals surface area (Å²) in [5.74, 6) is 5.70. The minimum Gasteiger partial charge on any atom is -0.381 e. The van der Waals surface area contributed by atoms with Gasteiger partial charge in [-0.1, -0.05) is 11.6 Å². The summed E-state index contributed by atoms with van der Waals surface area (Å²) in [4.78, 5) is 12.3. The second-order valence-corrected chi connectivity index (χ2v) is 5.48. The molecule has 0 aromatic heterocycles. The molecular weight excluding hydrogens is 278 g/mol. The van der Waals surface area contributed by atoms with Gasteiger partial charge >= 0.3 is 0 Å². The van der Waals surface area contributed by atoms with Crippen molar-refractivity contribution in [3.63, 3.8) is 0 Å². The number of hydrogen-bond acceptors (Lipinski definition) is 4. The molecule has 4 N–H and O–H groups in total. The van der Waals surface area contributed by atoms with Crippen molar-refractivity contribution in [2.75, 3.05) is 18.6 Å². The van der Waals surface area contributed by atoms with Crippen molar-refractivity contribution < 1.29 is 9.53 Å². The number of carbonyl (C=O) groups excluding carboxylic acids is 1. The average molecular weight is 298 g/mol. The minimum atomic E-state index is -0.167. The standard InChI is InChI=1S/C14H20ClN3O2/c1-9(10-4-6-20-7-5-10)17-14(19)12-8-11(15)2-3-13(12)18-16/h2-3,8-10,18H,4-7,16H2,1H3,(H,17,19). The molecule has 1 saturated heterocycles. The molecule has 1 heterocycles. The third kappa shape index (κ3) is 3.62. The Balaban J connectivity index is 2.05. The lowest BCUT2D eigenvalue weighted by molar-refractivity contribution is 0.0538. The normalized spacial score (nSPS) is 17.6. The molecule has 1 aromatic rings. The SMILES string of the molecule is CC(NC(=O)c1cc(Cl)ccc1NN)C1CCOCC1. The first kappa shape index (κ1) is 15.1. The number of amides is 1. The predicted octanol–water partition coefficient (Wildman–Crippen LogP) is 2.17.